The maximum Gasteiger partial charge on any atom is 0.274 e. The lowest BCUT2D eigenvalue weighted by Gasteiger charge is -2.30. The van der Waals surface area contributed by atoms with Crippen molar-refractivity contribution in [1.29, 1.82) is 0 Å². The molecule has 4 heterocycles. The van der Waals surface area contributed by atoms with Gasteiger partial charge in [-0.1, -0.05) is 6.07 Å². The smallest absolute Gasteiger partial charge is 0.274 e. The average molecular weight is 380 g/mol. The van der Waals surface area contributed by atoms with Gasteiger partial charge in [-0.2, -0.15) is 0 Å². The molecule has 2 fully saturated rings. The Morgan fingerprint density at radius 2 is 1.96 bits per heavy atom. The van der Waals surface area contributed by atoms with Crippen molar-refractivity contribution < 1.29 is 4.79 Å². The zero-order valence-electron chi connectivity index (χ0n) is 16.3. The Morgan fingerprint density at radius 3 is 2.71 bits per heavy atom. The lowest BCUT2D eigenvalue weighted by Crippen LogP contribution is -2.41. The molecule has 4 rings (SSSR count). The summed E-state index contributed by atoms with van der Waals surface area (Å²) in [5.74, 6) is 0.807. The number of anilines is 1. The molecule has 2 aromatic rings. The summed E-state index contributed by atoms with van der Waals surface area (Å²) in [6.45, 7) is 4.47. The summed E-state index contributed by atoms with van der Waals surface area (Å²) in [4.78, 5) is 21.9. The minimum atomic E-state index is -0.0574. The fraction of sp³-hybridized carbons (Fsp3) is 0.524. The number of amides is 1. The third-order valence-corrected chi connectivity index (χ3v) is 5.61. The molecule has 2 saturated heterocycles. The Hall–Kier alpha value is -2.54. The summed E-state index contributed by atoms with van der Waals surface area (Å²) in [5.41, 5.74) is 1.31. The van der Waals surface area contributed by atoms with Gasteiger partial charge in [-0.25, -0.2) is 0 Å². The van der Waals surface area contributed by atoms with Crippen LogP contribution in [0, 0.1) is 0 Å². The summed E-state index contributed by atoms with van der Waals surface area (Å²) in [6.07, 6.45) is 7.15. The summed E-state index contributed by atoms with van der Waals surface area (Å²) < 4.78 is 0. The molecule has 7 nitrogen and oxygen atoms in total. The summed E-state index contributed by atoms with van der Waals surface area (Å²) in [7, 11) is 0. The second kappa shape index (κ2) is 9.10. The molecule has 2 aromatic heterocycles. The number of pyridine rings is 1. The van der Waals surface area contributed by atoms with Gasteiger partial charge in [0.1, 0.15) is 0 Å². The van der Waals surface area contributed by atoms with Crippen LogP contribution >= 0.6 is 0 Å². The first kappa shape index (κ1) is 18.8. The molecule has 0 aromatic carbocycles. The Bertz CT molecular complexity index is 752. The van der Waals surface area contributed by atoms with Crippen LogP contribution in [0.15, 0.2) is 36.5 Å². The molecule has 0 spiro atoms. The zero-order chi connectivity index (χ0) is 19.2. The van der Waals surface area contributed by atoms with E-state index in [9.17, 15) is 4.79 Å². The van der Waals surface area contributed by atoms with E-state index >= 15 is 0 Å². The third-order valence-electron chi connectivity index (χ3n) is 5.61. The second-order valence-electron chi connectivity index (χ2n) is 7.56. The SMILES string of the molecule is O=C(c1ccc(N2CCCC2)nn1)N(Cc1ccccn1)C1CCCNCC1. The minimum absolute atomic E-state index is 0.0574. The highest BCUT2D eigenvalue weighted by atomic mass is 16.2. The van der Waals surface area contributed by atoms with Crippen molar-refractivity contribution in [2.24, 2.45) is 0 Å². The van der Waals surface area contributed by atoms with Gasteiger partial charge >= 0.3 is 0 Å². The van der Waals surface area contributed by atoms with Gasteiger partial charge in [-0.15, -0.1) is 10.2 Å². The van der Waals surface area contributed by atoms with Crippen molar-refractivity contribution in [2.75, 3.05) is 31.1 Å². The maximum absolute atomic E-state index is 13.4. The number of nitrogens with zero attached hydrogens (tertiary/aromatic N) is 5. The molecule has 2 aliphatic rings. The first-order valence-corrected chi connectivity index (χ1v) is 10.3. The van der Waals surface area contributed by atoms with E-state index in [0.29, 0.717) is 12.2 Å². The van der Waals surface area contributed by atoms with Crippen LogP contribution in [0.1, 0.15) is 48.3 Å². The zero-order valence-corrected chi connectivity index (χ0v) is 16.3. The summed E-state index contributed by atoms with van der Waals surface area (Å²) in [5, 5.41) is 12.0. The normalized spacial score (nSPS) is 20.0. The van der Waals surface area contributed by atoms with Gasteiger partial charge in [0, 0.05) is 25.3 Å². The topological polar surface area (TPSA) is 74.2 Å². The van der Waals surface area contributed by atoms with Gasteiger partial charge in [-0.3, -0.25) is 9.78 Å². The Morgan fingerprint density at radius 1 is 1.07 bits per heavy atom. The lowest BCUT2D eigenvalue weighted by molar-refractivity contribution is 0.0635. The number of hydrogen-bond donors (Lipinski definition) is 1. The van der Waals surface area contributed by atoms with Gasteiger partial charge < -0.3 is 15.1 Å². The number of rotatable bonds is 5. The molecular formula is C21H28N6O. The monoisotopic (exact) mass is 380 g/mol. The molecule has 1 amide bonds. The van der Waals surface area contributed by atoms with Crippen LogP contribution in [0.2, 0.25) is 0 Å². The van der Waals surface area contributed by atoms with Gasteiger partial charge in [-0.05, 0) is 69.5 Å². The highest BCUT2D eigenvalue weighted by molar-refractivity contribution is 5.92. The van der Waals surface area contributed by atoms with Crippen molar-refractivity contribution in [3.63, 3.8) is 0 Å². The van der Waals surface area contributed by atoms with Gasteiger partial charge in [0.15, 0.2) is 11.5 Å². The fourth-order valence-corrected chi connectivity index (χ4v) is 4.05. The fourth-order valence-electron chi connectivity index (χ4n) is 4.05. The number of hydrogen-bond acceptors (Lipinski definition) is 6. The Labute approximate surface area is 166 Å². The van der Waals surface area contributed by atoms with Crippen LogP contribution in [0.4, 0.5) is 5.82 Å². The Balaban J connectivity index is 1.54. The second-order valence-corrected chi connectivity index (χ2v) is 7.56. The molecular weight excluding hydrogens is 352 g/mol. The van der Waals surface area contributed by atoms with E-state index in [1.165, 1.54) is 12.8 Å². The molecule has 148 valence electrons. The third kappa shape index (κ3) is 4.47. The molecule has 0 bridgehead atoms. The van der Waals surface area contributed by atoms with Crippen LogP contribution in [0.5, 0.6) is 0 Å². The molecule has 0 saturated carbocycles. The van der Waals surface area contributed by atoms with Crippen LogP contribution < -0.4 is 10.2 Å². The molecule has 2 aliphatic heterocycles. The first-order chi connectivity index (χ1) is 13.8. The predicted octanol–water partition coefficient (Wildman–Crippen LogP) is 2.26. The van der Waals surface area contributed by atoms with E-state index in [1.807, 2.05) is 35.2 Å². The van der Waals surface area contributed by atoms with Crippen molar-refractivity contribution in [3.8, 4) is 0 Å². The Kier molecular flexibility index (Phi) is 6.11. The van der Waals surface area contributed by atoms with E-state index in [2.05, 4.69) is 25.4 Å². The average Bonchev–Trinajstić information content (AvgIpc) is 3.15. The van der Waals surface area contributed by atoms with Crippen molar-refractivity contribution in [1.82, 2.24) is 25.4 Å². The highest BCUT2D eigenvalue weighted by Crippen LogP contribution is 2.20. The van der Waals surface area contributed by atoms with Gasteiger partial charge in [0.2, 0.25) is 0 Å². The molecule has 1 N–H and O–H groups in total. The largest absolute Gasteiger partial charge is 0.355 e. The molecule has 28 heavy (non-hydrogen) atoms. The van der Waals surface area contributed by atoms with Gasteiger partial charge in [0.05, 0.1) is 12.2 Å². The standard InChI is InChI=1S/C21H28N6O/c28-21(19-8-9-20(25-24-19)26-14-3-4-15-26)27(16-17-6-1-2-12-23-17)18-7-5-11-22-13-10-18/h1-2,6,8-9,12,18,22H,3-5,7,10-11,13-16H2. The van der Waals surface area contributed by atoms with Crippen LogP contribution in [-0.4, -0.2) is 58.2 Å². The van der Waals surface area contributed by atoms with Crippen LogP contribution in [0.25, 0.3) is 0 Å². The van der Waals surface area contributed by atoms with Crippen molar-refractivity contribution in [3.05, 3.63) is 47.9 Å². The summed E-state index contributed by atoms with van der Waals surface area (Å²) >= 11 is 0. The molecule has 0 aliphatic carbocycles. The van der Waals surface area contributed by atoms with Crippen LogP contribution in [-0.2, 0) is 6.54 Å². The van der Waals surface area contributed by atoms with Gasteiger partial charge in [0.25, 0.3) is 5.91 Å². The van der Waals surface area contributed by atoms with Crippen LogP contribution in [0.3, 0.4) is 0 Å². The first-order valence-electron chi connectivity index (χ1n) is 10.3. The highest BCUT2D eigenvalue weighted by Gasteiger charge is 2.27. The molecule has 0 radical (unpaired) electrons. The molecule has 7 heteroatoms. The maximum atomic E-state index is 13.4. The van der Waals surface area contributed by atoms with E-state index in [-0.39, 0.29) is 11.9 Å². The molecule has 1 unspecified atom stereocenters. The molecule has 1 atom stereocenters. The number of aromatic nitrogens is 3. The number of carbonyl (C=O) groups excluding carboxylic acids is 1. The van der Waals surface area contributed by atoms with E-state index in [4.69, 9.17) is 0 Å². The lowest BCUT2D eigenvalue weighted by atomic mass is 10.1. The quantitative estimate of drug-likeness (QED) is 0.858. The number of nitrogens with one attached hydrogen (secondary N) is 1. The predicted molar refractivity (Wildman–Crippen MR) is 108 cm³/mol. The minimum Gasteiger partial charge on any atom is -0.355 e. The van der Waals surface area contributed by atoms with Crippen molar-refractivity contribution >= 4 is 11.7 Å². The van der Waals surface area contributed by atoms with E-state index in [0.717, 1.165) is 57.0 Å². The van der Waals surface area contributed by atoms with E-state index in [1.54, 1.807) is 6.20 Å². The summed E-state index contributed by atoms with van der Waals surface area (Å²) in [6, 6.07) is 9.77. The van der Waals surface area contributed by atoms with E-state index < -0.39 is 0 Å². The van der Waals surface area contributed by atoms with Crippen molar-refractivity contribution in [2.45, 2.75) is 44.7 Å². The number of carbonyl (C=O) groups is 1.